The summed E-state index contributed by atoms with van der Waals surface area (Å²) in [7, 11) is 0. The van der Waals surface area contributed by atoms with Crippen LogP contribution in [-0.2, 0) is 0 Å². The average molecular weight is 225 g/mol. The molecule has 1 heterocycles. The van der Waals surface area contributed by atoms with Crippen molar-refractivity contribution in [3.63, 3.8) is 0 Å². The van der Waals surface area contributed by atoms with Gasteiger partial charge >= 0.3 is 0 Å². The van der Waals surface area contributed by atoms with Gasteiger partial charge in [-0.1, -0.05) is 36.4 Å². The van der Waals surface area contributed by atoms with E-state index in [1.165, 1.54) is 21.4 Å². The van der Waals surface area contributed by atoms with E-state index in [1.54, 1.807) is 11.3 Å². The minimum Gasteiger partial charge on any atom is -0.244 e. The molecule has 0 atom stereocenters. The summed E-state index contributed by atoms with van der Waals surface area (Å²) in [6, 6.07) is 14.8. The van der Waals surface area contributed by atoms with Gasteiger partial charge in [0.2, 0.25) is 0 Å². The summed E-state index contributed by atoms with van der Waals surface area (Å²) >= 11 is 1.69. The predicted octanol–water partition coefficient (Wildman–Crippen LogP) is 4.27. The van der Waals surface area contributed by atoms with Crippen LogP contribution in [0.15, 0.2) is 48.0 Å². The van der Waals surface area contributed by atoms with Gasteiger partial charge in [0.05, 0.1) is 15.7 Å². The lowest BCUT2D eigenvalue weighted by atomic mass is 9.99. The summed E-state index contributed by atoms with van der Waals surface area (Å²) < 4.78 is 1.25. The molecule has 0 N–H and O–H groups in total. The Bertz CT molecular complexity index is 626. The molecule has 0 saturated heterocycles. The summed E-state index contributed by atoms with van der Waals surface area (Å²) in [6.45, 7) is 2.14. The van der Waals surface area contributed by atoms with E-state index in [-0.39, 0.29) is 0 Å². The molecule has 78 valence electrons. The molecule has 2 heteroatoms. The van der Waals surface area contributed by atoms with Crippen molar-refractivity contribution < 1.29 is 0 Å². The van der Waals surface area contributed by atoms with Crippen molar-refractivity contribution in [2.24, 2.45) is 0 Å². The second-order valence-corrected chi connectivity index (χ2v) is 4.71. The number of hydrogen-bond acceptors (Lipinski definition) is 2. The second kappa shape index (κ2) is 3.72. The van der Waals surface area contributed by atoms with Gasteiger partial charge in [0.1, 0.15) is 0 Å². The first-order valence-electron chi connectivity index (χ1n) is 5.24. The topological polar surface area (TPSA) is 12.9 Å². The summed E-state index contributed by atoms with van der Waals surface area (Å²) in [6.07, 6.45) is 0. The second-order valence-electron chi connectivity index (χ2n) is 3.82. The molecular formula is C14H11NS. The number of nitrogens with zero attached hydrogens (tertiary/aromatic N) is 1. The van der Waals surface area contributed by atoms with Gasteiger partial charge < -0.3 is 0 Å². The zero-order chi connectivity index (χ0) is 11.0. The quantitative estimate of drug-likeness (QED) is 0.602. The van der Waals surface area contributed by atoms with E-state index in [2.05, 4.69) is 48.3 Å². The van der Waals surface area contributed by atoms with Crippen molar-refractivity contribution in [1.82, 2.24) is 4.98 Å². The Kier molecular flexibility index (Phi) is 2.22. The molecule has 0 fully saturated rings. The molecule has 3 aromatic rings. The lowest BCUT2D eigenvalue weighted by Gasteiger charge is -2.06. The SMILES string of the molecule is Cc1ccc2scnc2c1-c1ccccc1. The number of hydrogen-bond donors (Lipinski definition) is 0. The van der Waals surface area contributed by atoms with E-state index in [9.17, 15) is 0 Å². The van der Waals surface area contributed by atoms with E-state index in [0.29, 0.717) is 0 Å². The van der Waals surface area contributed by atoms with Gasteiger partial charge in [-0.25, -0.2) is 4.98 Å². The fraction of sp³-hybridized carbons (Fsp3) is 0.0714. The van der Waals surface area contributed by atoms with Gasteiger partial charge in [-0.3, -0.25) is 0 Å². The summed E-state index contributed by atoms with van der Waals surface area (Å²) in [5.41, 5.74) is 6.83. The molecule has 0 unspecified atom stereocenters. The first-order valence-corrected chi connectivity index (χ1v) is 6.12. The standard InChI is InChI=1S/C14H11NS/c1-10-7-8-12-14(15-9-16-12)13(10)11-5-3-2-4-6-11/h2-9H,1H3. The summed E-state index contributed by atoms with van der Waals surface area (Å²) in [5, 5.41) is 0. The molecule has 1 aromatic heterocycles. The third-order valence-electron chi connectivity index (χ3n) is 2.77. The first-order chi connectivity index (χ1) is 7.86. The van der Waals surface area contributed by atoms with Crippen molar-refractivity contribution in [2.45, 2.75) is 6.92 Å². The zero-order valence-electron chi connectivity index (χ0n) is 8.97. The third kappa shape index (κ3) is 1.42. The molecule has 0 aliphatic heterocycles. The Morgan fingerprint density at radius 3 is 2.62 bits per heavy atom. The molecular weight excluding hydrogens is 214 g/mol. The fourth-order valence-corrected chi connectivity index (χ4v) is 2.69. The molecule has 0 amide bonds. The van der Waals surface area contributed by atoms with Gasteiger partial charge in [-0.05, 0) is 24.1 Å². The molecule has 1 nitrogen and oxygen atoms in total. The lowest BCUT2D eigenvalue weighted by molar-refractivity contribution is 1.44. The van der Waals surface area contributed by atoms with Crippen molar-refractivity contribution in [3.8, 4) is 11.1 Å². The van der Waals surface area contributed by atoms with Gasteiger partial charge in [0.25, 0.3) is 0 Å². The summed E-state index contributed by atoms with van der Waals surface area (Å²) in [5.74, 6) is 0. The molecule has 0 spiro atoms. The molecule has 0 saturated carbocycles. The van der Waals surface area contributed by atoms with Crippen LogP contribution in [-0.4, -0.2) is 4.98 Å². The van der Waals surface area contributed by atoms with Crippen LogP contribution >= 0.6 is 11.3 Å². The lowest BCUT2D eigenvalue weighted by Crippen LogP contribution is -1.84. The number of aryl methyl sites for hydroxylation is 1. The Morgan fingerprint density at radius 1 is 1.00 bits per heavy atom. The van der Waals surface area contributed by atoms with Gasteiger partial charge in [0, 0.05) is 5.56 Å². The Hall–Kier alpha value is -1.67. The maximum atomic E-state index is 4.47. The first kappa shape index (κ1) is 9.55. The minimum atomic E-state index is 1.12. The van der Waals surface area contributed by atoms with E-state index < -0.39 is 0 Å². The van der Waals surface area contributed by atoms with Crippen molar-refractivity contribution >= 4 is 21.6 Å². The van der Waals surface area contributed by atoms with Crippen molar-refractivity contribution in [1.29, 1.82) is 0 Å². The molecule has 16 heavy (non-hydrogen) atoms. The average Bonchev–Trinajstić information content (AvgIpc) is 2.78. The normalized spacial score (nSPS) is 10.8. The van der Waals surface area contributed by atoms with Gasteiger partial charge in [-0.2, -0.15) is 0 Å². The van der Waals surface area contributed by atoms with Crippen molar-refractivity contribution in [3.05, 3.63) is 53.5 Å². The van der Waals surface area contributed by atoms with E-state index in [1.807, 2.05) is 11.6 Å². The maximum Gasteiger partial charge on any atom is 0.0892 e. The number of rotatable bonds is 1. The molecule has 0 aliphatic carbocycles. The van der Waals surface area contributed by atoms with Gasteiger partial charge in [0.15, 0.2) is 0 Å². The molecule has 2 aromatic carbocycles. The molecule has 0 bridgehead atoms. The van der Waals surface area contributed by atoms with E-state index in [4.69, 9.17) is 0 Å². The zero-order valence-corrected chi connectivity index (χ0v) is 9.79. The number of thiazole rings is 1. The van der Waals surface area contributed by atoms with Gasteiger partial charge in [-0.15, -0.1) is 11.3 Å². The highest BCUT2D eigenvalue weighted by molar-refractivity contribution is 7.16. The number of fused-ring (bicyclic) bond motifs is 1. The molecule has 0 radical (unpaired) electrons. The van der Waals surface area contributed by atoms with Crippen LogP contribution < -0.4 is 0 Å². The van der Waals surface area contributed by atoms with Crippen LogP contribution in [0.25, 0.3) is 21.3 Å². The molecule has 0 aliphatic rings. The summed E-state index contributed by atoms with van der Waals surface area (Å²) in [4.78, 5) is 4.47. The fourth-order valence-electron chi connectivity index (χ4n) is 2.00. The van der Waals surface area contributed by atoms with Crippen LogP contribution in [0, 0.1) is 6.92 Å². The highest BCUT2D eigenvalue weighted by Gasteiger charge is 2.08. The maximum absolute atomic E-state index is 4.47. The Labute approximate surface area is 98.4 Å². The smallest absolute Gasteiger partial charge is 0.0892 e. The van der Waals surface area contributed by atoms with E-state index >= 15 is 0 Å². The van der Waals surface area contributed by atoms with Crippen LogP contribution in [0.2, 0.25) is 0 Å². The minimum absolute atomic E-state index is 1.12. The monoisotopic (exact) mass is 225 g/mol. The number of aromatic nitrogens is 1. The highest BCUT2D eigenvalue weighted by Crippen LogP contribution is 2.32. The van der Waals surface area contributed by atoms with Crippen molar-refractivity contribution in [2.75, 3.05) is 0 Å². The number of benzene rings is 2. The highest BCUT2D eigenvalue weighted by atomic mass is 32.1. The molecule has 3 rings (SSSR count). The van der Waals surface area contributed by atoms with Crippen LogP contribution in [0.4, 0.5) is 0 Å². The van der Waals surface area contributed by atoms with Crippen LogP contribution in [0.3, 0.4) is 0 Å². The Morgan fingerprint density at radius 2 is 1.81 bits per heavy atom. The largest absolute Gasteiger partial charge is 0.244 e. The van der Waals surface area contributed by atoms with Crippen LogP contribution in [0.1, 0.15) is 5.56 Å². The predicted molar refractivity (Wildman–Crippen MR) is 69.8 cm³/mol. The third-order valence-corrected chi connectivity index (χ3v) is 3.57. The van der Waals surface area contributed by atoms with Crippen LogP contribution in [0.5, 0.6) is 0 Å². The van der Waals surface area contributed by atoms with E-state index in [0.717, 1.165) is 5.52 Å². The Balaban J connectivity index is 2.38.